The van der Waals surface area contributed by atoms with E-state index < -0.39 is 26.8 Å². The average Bonchev–Trinajstić information content (AvgIpc) is 3.27. The van der Waals surface area contributed by atoms with Crippen LogP contribution in [0.5, 0.6) is 0 Å². The van der Waals surface area contributed by atoms with Gasteiger partial charge in [0.15, 0.2) is 16.6 Å². The Balaban J connectivity index is -0.000000629. The minimum absolute atomic E-state index is 0. The Labute approximate surface area is 253 Å². The van der Waals surface area contributed by atoms with Crippen LogP contribution in [0.1, 0.15) is 108 Å². The number of aliphatic hydroxyl groups is 1. The third kappa shape index (κ3) is 16.7. The van der Waals surface area contributed by atoms with Gasteiger partial charge in [0.2, 0.25) is 0 Å². The summed E-state index contributed by atoms with van der Waals surface area (Å²) in [5.41, 5.74) is 0. The molecule has 2 saturated carbocycles. The van der Waals surface area contributed by atoms with Crippen LogP contribution in [0.2, 0.25) is 36.3 Å². The summed E-state index contributed by atoms with van der Waals surface area (Å²) < 4.78 is 39.6. The summed E-state index contributed by atoms with van der Waals surface area (Å²) in [6, 6.07) is 0. The molecule has 6 nitrogen and oxygen atoms in total. The molecule has 10 heteroatoms. The zero-order valence-corrected chi connectivity index (χ0v) is 29.6. The van der Waals surface area contributed by atoms with E-state index in [4.69, 9.17) is 13.0 Å². The Morgan fingerprint density at radius 1 is 0.744 bits per heavy atom. The molecule has 4 atom stereocenters. The lowest BCUT2D eigenvalue weighted by Crippen LogP contribution is -2.41. The van der Waals surface area contributed by atoms with Crippen LogP contribution in [0.15, 0.2) is 0 Å². The predicted molar refractivity (Wildman–Crippen MR) is 180 cm³/mol. The molecule has 0 spiro atoms. The molecule has 240 valence electrons. The number of hydrogen-bond acceptors (Lipinski definition) is 6. The standard InChI is InChI=1S/C14H30O4SSi.C13H28O2Si.2CH4.H2S/c1-14(2,3)20(5,6)17-10-9-12-7-8-13(11-12)18-19(4,15)16;1-13(2,3)16(4,5)15-9-8-11-6-7-12(14)10-11;;;/h12-13H,7-11H2,1-6H3;11-12,14H,6-10H2,1-5H3;2*1H4;1H2/t12-,13+;11-,12-;;;/m11.../s1. The SMILES string of the molecule is C.C.CC(C)(C)[Si](C)(C)OCC[C@H]1CC[C@@H](O)C1.CC(C)(C)[Si](C)(C)OCC[C@H]1CC[C@H](OS(C)(=O)=O)C1.S. The van der Waals surface area contributed by atoms with Gasteiger partial charge in [-0.3, -0.25) is 4.18 Å². The zero-order valence-electron chi connectivity index (χ0n) is 25.8. The molecule has 0 bridgehead atoms. The molecular weight excluding hydrogens is 565 g/mol. The second-order valence-corrected chi connectivity index (χ2v) is 25.4. The molecule has 0 aliphatic heterocycles. The molecule has 0 heterocycles. The number of rotatable bonds is 10. The highest BCUT2D eigenvalue weighted by molar-refractivity contribution is 7.86. The molecule has 0 aromatic rings. The van der Waals surface area contributed by atoms with Crippen molar-refractivity contribution >= 4 is 40.2 Å². The molecular formula is C29H68O6S2Si2. The molecule has 2 aliphatic carbocycles. The van der Waals surface area contributed by atoms with Crippen LogP contribution in [-0.4, -0.2) is 61.8 Å². The van der Waals surface area contributed by atoms with Crippen LogP contribution >= 0.6 is 13.5 Å². The molecule has 2 aliphatic rings. The van der Waals surface area contributed by atoms with E-state index in [0.717, 1.165) is 64.4 Å². The van der Waals surface area contributed by atoms with Gasteiger partial charge < -0.3 is 14.0 Å². The van der Waals surface area contributed by atoms with Gasteiger partial charge in [-0.25, -0.2) is 0 Å². The van der Waals surface area contributed by atoms with Crippen LogP contribution in [0, 0.1) is 11.8 Å². The lowest BCUT2D eigenvalue weighted by Gasteiger charge is -2.36. The summed E-state index contributed by atoms with van der Waals surface area (Å²) in [5, 5.41) is 10.0. The Kier molecular flexibility index (Phi) is 19.9. The van der Waals surface area contributed by atoms with E-state index in [2.05, 4.69) is 67.7 Å². The van der Waals surface area contributed by atoms with Gasteiger partial charge in [0, 0.05) is 13.2 Å². The van der Waals surface area contributed by atoms with E-state index in [-0.39, 0.29) is 45.6 Å². The maximum Gasteiger partial charge on any atom is 0.264 e. The van der Waals surface area contributed by atoms with Crippen LogP contribution in [0.25, 0.3) is 0 Å². The largest absolute Gasteiger partial charge is 0.417 e. The van der Waals surface area contributed by atoms with Gasteiger partial charge in [-0.05, 0) is 99.5 Å². The van der Waals surface area contributed by atoms with Crippen molar-refractivity contribution in [3.05, 3.63) is 0 Å². The zero-order chi connectivity index (χ0) is 28.0. The van der Waals surface area contributed by atoms with Gasteiger partial charge in [-0.2, -0.15) is 21.9 Å². The first-order valence-corrected chi connectivity index (χ1v) is 21.6. The second kappa shape index (κ2) is 17.6. The lowest BCUT2D eigenvalue weighted by atomic mass is 10.1. The Morgan fingerprint density at radius 2 is 1.13 bits per heavy atom. The van der Waals surface area contributed by atoms with Gasteiger partial charge in [0.25, 0.3) is 10.1 Å². The highest BCUT2D eigenvalue weighted by atomic mass is 32.2. The fourth-order valence-corrected chi connectivity index (χ4v) is 7.12. The van der Waals surface area contributed by atoms with Gasteiger partial charge in [-0.15, -0.1) is 0 Å². The Bertz CT molecular complexity index is 761. The van der Waals surface area contributed by atoms with Crippen molar-refractivity contribution in [2.75, 3.05) is 19.5 Å². The van der Waals surface area contributed by atoms with Gasteiger partial charge in [0.1, 0.15) is 0 Å². The molecule has 0 aromatic carbocycles. The average molecular weight is 633 g/mol. The van der Waals surface area contributed by atoms with E-state index in [1.165, 1.54) is 6.42 Å². The fraction of sp³-hybridized carbons (Fsp3) is 1.00. The molecule has 1 N–H and O–H groups in total. The smallest absolute Gasteiger partial charge is 0.264 e. The van der Waals surface area contributed by atoms with Crippen molar-refractivity contribution in [2.24, 2.45) is 11.8 Å². The second-order valence-electron chi connectivity index (χ2n) is 14.2. The van der Waals surface area contributed by atoms with Crippen molar-refractivity contribution in [3.63, 3.8) is 0 Å². The summed E-state index contributed by atoms with van der Waals surface area (Å²) in [7, 11) is -6.53. The van der Waals surface area contributed by atoms with Crippen LogP contribution in [0.4, 0.5) is 0 Å². The molecule has 0 saturated heterocycles. The van der Waals surface area contributed by atoms with Gasteiger partial charge >= 0.3 is 0 Å². The molecule has 2 rings (SSSR count). The maximum absolute atomic E-state index is 11.1. The van der Waals surface area contributed by atoms with Crippen molar-refractivity contribution in [1.82, 2.24) is 0 Å². The Morgan fingerprint density at radius 3 is 1.46 bits per heavy atom. The quantitative estimate of drug-likeness (QED) is 0.192. The molecule has 0 aromatic heterocycles. The minimum atomic E-state index is -3.32. The van der Waals surface area contributed by atoms with E-state index in [1.54, 1.807) is 0 Å². The van der Waals surface area contributed by atoms with E-state index >= 15 is 0 Å². The maximum atomic E-state index is 11.1. The van der Waals surface area contributed by atoms with Crippen LogP contribution in [0.3, 0.4) is 0 Å². The number of hydrogen-bond donors (Lipinski definition) is 1. The third-order valence-electron chi connectivity index (χ3n) is 8.91. The molecule has 0 amide bonds. The summed E-state index contributed by atoms with van der Waals surface area (Å²) in [5.74, 6) is 1.23. The molecule has 2 fully saturated rings. The molecule has 0 unspecified atom stereocenters. The van der Waals surface area contributed by atoms with Gasteiger partial charge in [0.05, 0.1) is 18.5 Å². The topological polar surface area (TPSA) is 82.1 Å². The highest BCUT2D eigenvalue weighted by Crippen LogP contribution is 2.38. The molecule has 39 heavy (non-hydrogen) atoms. The lowest BCUT2D eigenvalue weighted by molar-refractivity contribution is 0.173. The first-order chi connectivity index (χ1) is 16.1. The normalized spacial score (nSPS) is 24.1. The summed E-state index contributed by atoms with van der Waals surface area (Å²) in [6.45, 7) is 24.3. The minimum Gasteiger partial charge on any atom is -0.417 e. The first kappa shape index (κ1) is 44.0. The van der Waals surface area contributed by atoms with Crippen molar-refractivity contribution < 1.29 is 26.6 Å². The van der Waals surface area contributed by atoms with Crippen molar-refractivity contribution in [1.29, 1.82) is 0 Å². The monoisotopic (exact) mass is 632 g/mol. The number of aliphatic hydroxyl groups excluding tert-OH is 1. The van der Waals surface area contributed by atoms with Gasteiger partial charge in [-0.1, -0.05) is 56.4 Å². The summed E-state index contributed by atoms with van der Waals surface area (Å²) in [6.07, 6.45) is 8.99. The predicted octanol–water partition coefficient (Wildman–Crippen LogP) is 8.49. The van der Waals surface area contributed by atoms with Crippen LogP contribution < -0.4 is 0 Å². The summed E-state index contributed by atoms with van der Waals surface area (Å²) in [4.78, 5) is 0. The van der Waals surface area contributed by atoms with E-state index in [0.29, 0.717) is 16.9 Å². The highest BCUT2D eigenvalue weighted by Gasteiger charge is 2.38. The summed E-state index contributed by atoms with van der Waals surface area (Å²) >= 11 is 0. The van der Waals surface area contributed by atoms with Crippen molar-refractivity contribution in [2.45, 2.75) is 156 Å². The fourth-order valence-electron chi connectivity index (χ4n) is 4.33. The molecule has 0 radical (unpaired) electrons. The van der Waals surface area contributed by atoms with Crippen LogP contribution in [-0.2, 0) is 23.2 Å². The Hall–Kier alpha value is 0.574. The van der Waals surface area contributed by atoms with Crippen molar-refractivity contribution in [3.8, 4) is 0 Å². The first-order valence-electron chi connectivity index (χ1n) is 14.0. The van der Waals surface area contributed by atoms with E-state index in [1.807, 2.05) is 0 Å². The third-order valence-corrected chi connectivity index (χ3v) is 18.6. The van der Waals surface area contributed by atoms with E-state index in [9.17, 15) is 13.5 Å².